The van der Waals surface area contributed by atoms with Crippen LogP contribution in [0.2, 0.25) is 5.02 Å². The maximum Gasteiger partial charge on any atom is 0.264 e. The second kappa shape index (κ2) is 7.78. The standard InChI is InChI=1S/C24H26ClN3OS/c1-14-13-24(3,4)28(5)20-10-9-16(11-17(14)20)12-21-22(29)27-23(30-21)26-19-8-6-7-18(25)15(19)2/h6-12,14H,13H2,1-5H3,(H,26,27,29)/b21-12-/t14-/m0/s1. The number of hydrogen-bond acceptors (Lipinski definition) is 4. The fraction of sp³-hybridized carbons (Fsp3) is 0.333. The zero-order chi connectivity index (χ0) is 21.6. The molecule has 4 nitrogen and oxygen atoms in total. The van der Waals surface area contributed by atoms with Gasteiger partial charge in [0, 0.05) is 23.3 Å². The lowest BCUT2D eigenvalue weighted by atomic mass is 9.80. The number of anilines is 1. The van der Waals surface area contributed by atoms with Crippen molar-refractivity contribution in [2.45, 2.75) is 45.6 Å². The van der Waals surface area contributed by atoms with E-state index in [1.165, 1.54) is 23.0 Å². The minimum absolute atomic E-state index is 0.123. The summed E-state index contributed by atoms with van der Waals surface area (Å²) < 4.78 is 0. The number of carbonyl (C=O) groups is 1. The average molecular weight is 440 g/mol. The number of aliphatic imine (C=N–C) groups is 1. The Morgan fingerprint density at radius 3 is 2.83 bits per heavy atom. The molecule has 0 saturated carbocycles. The lowest BCUT2D eigenvalue weighted by Crippen LogP contribution is -2.45. The van der Waals surface area contributed by atoms with E-state index in [-0.39, 0.29) is 11.4 Å². The molecule has 0 aromatic heterocycles. The van der Waals surface area contributed by atoms with Crippen molar-refractivity contribution >= 4 is 51.9 Å². The van der Waals surface area contributed by atoms with Crippen LogP contribution in [0, 0.1) is 6.92 Å². The molecule has 2 aliphatic heterocycles. The molecular weight excluding hydrogens is 414 g/mol. The highest BCUT2D eigenvalue weighted by atomic mass is 35.5. The van der Waals surface area contributed by atoms with Crippen LogP contribution in [0.25, 0.3) is 6.08 Å². The summed E-state index contributed by atoms with van der Waals surface area (Å²) in [6, 6.07) is 12.1. The molecular formula is C24H26ClN3OS. The van der Waals surface area contributed by atoms with Crippen molar-refractivity contribution in [3.05, 3.63) is 63.0 Å². The molecule has 2 heterocycles. The molecule has 2 aromatic rings. The van der Waals surface area contributed by atoms with Crippen LogP contribution in [-0.2, 0) is 4.79 Å². The minimum Gasteiger partial charge on any atom is -0.369 e. The number of fused-ring (bicyclic) bond motifs is 1. The summed E-state index contributed by atoms with van der Waals surface area (Å²) in [7, 11) is 2.16. The predicted molar refractivity (Wildman–Crippen MR) is 129 cm³/mol. The molecule has 1 amide bonds. The Morgan fingerprint density at radius 2 is 2.07 bits per heavy atom. The van der Waals surface area contributed by atoms with Gasteiger partial charge in [0.2, 0.25) is 0 Å². The Balaban J connectivity index is 1.62. The van der Waals surface area contributed by atoms with Gasteiger partial charge in [-0.1, -0.05) is 30.7 Å². The molecule has 0 radical (unpaired) electrons. The van der Waals surface area contributed by atoms with E-state index in [0.29, 0.717) is 21.0 Å². The summed E-state index contributed by atoms with van der Waals surface area (Å²) in [5.74, 6) is 0.347. The van der Waals surface area contributed by atoms with Gasteiger partial charge < -0.3 is 10.2 Å². The van der Waals surface area contributed by atoms with Crippen molar-refractivity contribution in [3.63, 3.8) is 0 Å². The van der Waals surface area contributed by atoms with Gasteiger partial charge in [0.1, 0.15) is 0 Å². The quantitative estimate of drug-likeness (QED) is 0.561. The first kappa shape index (κ1) is 21.0. The van der Waals surface area contributed by atoms with E-state index >= 15 is 0 Å². The number of benzene rings is 2. The van der Waals surface area contributed by atoms with Crippen molar-refractivity contribution in [2.75, 3.05) is 11.9 Å². The van der Waals surface area contributed by atoms with E-state index in [2.05, 4.69) is 61.2 Å². The number of carbonyl (C=O) groups excluding carboxylic acids is 1. The molecule has 1 atom stereocenters. The van der Waals surface area contributed by atoms with Crippen LogP contribution in [0.3, 0.4) is 0 Å². The lowest BCUT2D eigenvalue weighted by Gasteiger charge is -2.45. The molecule has 6 heteroatoms. The van der Waals surface area contributed by atoms with Gasteiger partial charge in [-0.25, -0.2) is 4.99 Å². The number of thioether (sulfide) groups is 1. The van der Waals surface area contributed by atoms with Crippen molar-refractivity contribution < 1.29 is 4.79 Å². The van der Waals surface area contributed by atoms with Gasteiger partial charge in [0.05, 0.1) is 10.6 Å². The largest absolute Gasteiger partial charge is 0.369 e. The minimum atomic E-state index is -0.123. The highest BCUT2D eigenvalue weighted by molar-refractivity contribution is 8.18. The molecule has 156 valence electrons. The molecule has 1 N–H and O–H groups in total. The summed E-state index contributed by atoms with van der Waals surface area (Å²) >= 11 is 7.54. The fourth-order valence-electron chi connectivity index (χ4n) is 4.14. The summed E-state index contributed by atoms with van der Waals surface area (Å²) in [5.41, 5.74) is 5.43. The summed E-state index contributed by atoms with van der Waals surface area (Å²) in [5, 5.41) is 4.10. The smallest absolute Gasteiger partial charge is 0.264 e. The van der Waals surface area contributed by atoms with Crippen LogP contribution in [0.1, 0.15) is 49.8 Å². The van der Waals surface area contributed by atoms with Gasteiger partial charge in [0.15, 0.2) is 5.17 Å². The van der Waals surface area contributed by atoms with Crippen molar-refractivity contribution in [3.8, 4) is 0 Å². The molecule has 2 aliphatic rings. The Hall–Kier alpha value is -2.24. The van der Waals surface area contributed by atoms with Crippen LogP contribution in [0.5, 0.6) is 0 Å². The zero-order valence-corrected chi connectivity index (χ0v) is 19.5. The summed E-state index contributed by atoms with van der Waals surface area (Å²) in [6.07, 6.45) is 3.04. The van der Waals surface area contributed by atoms with Crippen LogP contribution in [-0.4, -0.2) is 23.7 Å². The maximum absolute atomic E-state index is 12.5. The Morgan fingerprint density at radius 1 is 1.30 bits per heavy atom. The van der Waals surface area contributed by atoms with Gasteiger partial charge >= 0.3 is 0 Å². The van der Waals surface area contributed by atoms with Gasteiger partial charge in [-0.3, -0.25) is 4.79 Å². The Bertz CT molecular complexity index is 1090. The number of hydrogen-bond donors (Lipinski definition) is 1. The fourth-order valence-corrected chi connectivity index (χ4v) is 5.15. The third-order valence-corrected chi connectivity index (χ3v) is 7.39. The van der Waals surface area contributed by atoms with E-state index in [4.69, 9.17) is 11.6 Å². The topological polar surface area (TPSA) is 44.7 Å². The second-order valence-electron chi connectivity index (χ2n) is 8.66. The number of nitrogens with zero attached hydrogens (tertiary/aromatic N) is 2. The Labute approximate surface area is 187 Å². The van der Waals surface area contributed by atoms with Crippen LogP contribution < -0.4 is 10.2 Å². The van der Waals surface area contributed by atoms with Gasteiger partial charge in [-0.2, -0.15) is 0 Å². The predicted octanol–water partition coefficient (Wildman–Crippen LogP) is 6.26. The maximum atomic E-state index is 12.5. The van der Waals surface area contributed by atoms with Crippen LogP contribution in [0.15, 0.2) is 46.3 Å². The third kappa shape index (κ3) is 3.88. The lowest BCUT2D eigenvalue weighted by molar-refractivity contribution is -0.115. The first-order valence-corrected chi connectivity index (χ1v) is 11.3. The summed E-state index contributed by atoms with van der Waals surface area (Å²) in [4.78, 5) is 20.1. The highest BCUT2D eigenvalue weighted by Gasteiger charge is 2.34. The SMILES string of the molecule is Cc1c(Cl)cccc1N=C1NC(=O)/C(=C/c2ccc3c(c2)[C@@H](C)CC(C)(C)N3C)S1. The first-order valence-electron chi connectivity index (χ1n) is 10.1. The van der Waals surface area contributed by atoms with Gasteiger partial charge in [-0.05, 0) is 91.9 Å². The number of rotatable bonds is 2. The second-order valence-corrected chi connectivity index (χ2v) is 10.1. The number of halogens is 1. The van der Waals surface area contributed by atoms with E-state index < -0.39 is 0 Å². The van der Waals surface area contributed by atoms with Crippen molar-refractivity contribution in [1.29, 1.82) is 0 Å². The van der Waals surface area contributed by atoms with E-state index in [9.17, 15) is 4.79 Å². The van der Waals surface area contributed by atoms with Crippen molar-refractivity contribution in [1.82, 2.24) is 5.32 Å². The molecule has 4 rings (SSSR count). The molecule has 1 fully saturated rings. The molecule has 0 spiro atoms. The number of amidine groups is 1. The average Bonchev–Trinajstić information content (AvgIpc) is 3.02. The molecule has 1 saturated heterocycles. The third-order valence-electron chi connectivity index (χ3n) is 6.07. The number of nitrogens with one attached hydrogen (secondary N) is 1. The zero-order valence-electron chi connectivity index (χ0n) is 17.9. The van der Waals surface area contributed by atoms with Crippen molar-refractivity contribution in [2.24, 2.45) is 4.99 Å². The highest BCUT2D eigenvalue weighted by Crippen LogP contribution is 2.43. The van der Waals surface area contributed by atoms with Crippen LogP contribution in [0.4, 0.5) is 11.4 Å². The van der Waals surface area contributed by atoms with E-state index in [1.54, 1.807) is 0 Å². The monoisotopic (exact) mass is 439 g/mol. The van der Waals surface area contributed by atoms with Gasteiger partial charge in [-0.15, -0.1) is 0 Å². The first-order chi connectivity index (χ1) is 14.2. The van der Waals surface area contributed by atoms with E-state index in [1.807, 2.05) is 31.2 Å². The Kier molecular flexibility index (Phi) is 5.45. The molecule has 0 unspecified atom stereocenters. The van der Waals surface area contributed by atoms with Gasteiger partial charge in [0.25, 0.3) is 5.91 Å². The van der Waals surface area contributed by atoms with E-state index in [0.717, 1.165) is 23.2 Å². The molecule has 0 aliphatic carbocycles. The molecule has 2 aromatic carbocycles. The number of amides is 1. The normalized spacial score (nSPS) is 23.1. The molecule has 0 bridgehead atoms. The molecule has 30 heavy (non-hydrogen) atoms. The summed E-state index contributed by atoms with van der Waals surface area (Å²) in [6.45, 7) is 8.76. The van der Waals surface area contributed by atoms with Crippen LogP contribution >= 0.6 is 23.4 Å².